The Bertz CT molecular complexity index is 442. The highest BCUT2D eigenvalue weighted by Gasteiger charge is 2.36. The van der Waals surface area contributed by atoms with E-state index < -0.39 is 0 Å². The van der Waals surface area contributed by atoms with Gasteiger partial charge >= 0.3 is 0 Å². The topological polar surface area (TPSA) is 15.3 Å². The van der Waals surface area contributed by atoms with E-state index in [4.69, 9.17) is 0 Å². The molecule has 21 heavy (non-hydrogen) atoms. The van der Waals surface area contributed by atoms with Crippen molar-refractivity contribution in [1.82, 2.24) is 10.2 Å². The molecule has 0 amide bonds. The Balaban J connectivity index is 2.27. The first-order valence-electron chi connectivity index (χ1n) is 8.35. The van der Waals surface area contributed by atoms with E-state index in [-0.39, 0.29) is 5.41 Å². The molecule has 2 unspecified atom stereocenters. The second-order valence-corrected chi connectivity index (χ2v) is 7.75. The summed E-state index contributed by atoms with van der Waals surface area (Å²) in [4.78, 5) is 2.66. The van der Waals surface area contributed by atoms with Gasteiger partial charge in [-0.25, -0.2) is 0 Å². The number of benzene rings is 1. The van der Waals surface area contributed by atoms with Gasteiger partial charge in [0.15, 0.2) is 0 Å². The molecule has 1 aliphatic heterocycles. The third-order valence-corrected chi connectivity index (χ3v) is 4.81. The number of likely N-dealkylation sites (tertiary alicyclic amines) is 1. The highest BCUT2D eigenvalue weighted by Crippen LogP contribution is 2.38. The van der Waals surface area contributed by atoms with E-state index in [1.165, 1.54) is 24.1 Å². The summed E-state index contributed by atoms with van der Waals surface area (Å²) in [6.07, 6.45) is 1.30. The third kappa shape index (κ3) is 3.67. The van der Waals surface area contributed by atoms with Crippen molar-refractivity contribution in [3.05, 3.63) is 35.4 Å². The summed E-state index contributed by atoms with van der Waals surface area (Å²) >= 11 is 0. The van der Waals surface area contributed by atoms with E-state index in [1.807, 2.05) is 0 Å². The zero-order valence-electron chi connectivity index (χ0n) is 14.6. The van der Waals surface area contributed by atoms with Gasteiger partial charge in [0.1, 0.15) is 0 Å². The van der Waals surface area contributed by atoms with Gasteiger partial charge in [0.05, 0.1) is 0 Å². The van der Waals surface area contributed by atoms with Crippen molar-refractivity contribution >= 4 is 0 Å². The fraction of sp³-hybridized carbons (Fsp3) is 0.684. The van der Waals surface area contributed by atoms with Crippen LogP contribution >= 0.6 is 0 Å². The predicted molar refractivity (Wildman–Crippen MR) is 91.8 cm³/mol. The molecule has 1 heterocycles. The number of nitrogens with one attached hydrogen (secondary N) is 1. The lowest BCUT2D eigenvalue weighted by atomic mass is 9.85. The second-order valence-electron chi connectivity index (χ2n) is 7.75. The normalized spacial score (nSPS) is 24.0. The molecule has 2 nitrogen and oxygen atoms in total. The van der Waals surface area contributed by atoms with Crippen LogP contribution in [0.1, 0.15) is 58.2 Å². The molecule has 1 aromatic rings. The van der Waals surface area contributed by atoms with Gasteiger partial charge in [-0.05, 0) is 62.9 Å². The molecule has 1 N–H and O–H groups in total. The maximum atomic E-state index is 3.38. The number of nitrogens with zero attached hydrogens (tertiary/aromatic N) is 1. The lowest BCUT2D eigenvalue weighted by molar-refractivity contribution is 0.182. The Morgan fingerprint density at radius 2 is 1.81 bits per heavy atom. The Morgan fingerprint density at radius 1 is 1.19 bits per heavy atom. The van der Waals surface area contributed by atoms with E-state index in [0.717, 1.165) is 12.5 Å². The predicted octanol–water partition coefficient (Wildman–Crippen LogP) is 3.97. The van der Waals surface area contributed by atoms with Crippen LogP contribution in [-0.2, 0) is 5.41 Å². The molecule has 0 spiro atoms. The van der Waals surface area contributed by atoms with Gasteiger partial charge in [0.2, 0.25) is 0 Å². The summed E-state index contributed by atoms with van der Waals surface area (Å²) in [5.41, 5.74) is 3.14. The summed E-state index contributed by atoms with van der Waals surface area (Å²) in [5, 5.41) is 3.38. The zero-order valence-corrected chi connectivity index (χ0v) is 14.6. The standard InChI is InChI=1S/C19H32N2/c1-14(2)21-12-11-16(13-20-6)18(21)15-7-9-17(10-8-15)19(3,4)5/h7-10,14,16,18,20H,11-13H2,1-6H3. The van der Waals surface area contributed by atoms with Crippen LogP contribution < -0.4 is 5.32 Å². The van der Waals surface area contributed by atoms with Crippen molar-refractivity contribution in [2.45, 2.75) is 58.5 Å². The molecule has 1 aromatic carbocycles. The van der Waals surface area contributed by atoms with Gasteiger partial charge in [-0.3, -0.25) is 4.90 Å². The van der Waals surface area contributed by atoms with Gasteiger partial charge in [-0.15, -0.1) is 0 Å². The highest BCUT2D eigenvalue weighted by atomic mass is 15.2. The minimum absolute atomic E-state index is 0.232. The zero-order chi connectivity index (χ0) is 15.6. The SMILES string of the molecule is CNCC1CCN(C(C)C)C1c1ccc(C(C)(C)C)cc1. The van der Waals surface area contributed by atoms with Crippen LogP contribution in [-0.4, -0.2) is 31.1 Å². The molecule has 2 heteroatoms. The van der Waals surface area contributed by atoms with Crippen molar-refractivity contribution in [2.24, 2.45) is 5.92 Å². The number of hydrogen-bond acceptors (Lipinski definition) is 2. The molecule has 1 saturated heterocycles. The Labute approximate surface area is 130 Å². The first-order valence-corrected chi connectivity index (χ1v) is 8.35. The molecule has 1 aliphatic rings. The van der Waals surface area contributed by atoms with Gasteiger partial charge in [0.25, 0.3) is 0 Å². The molecule has 0 aromatic heterocycles. The molecule has 118 valence electrons. The van der Waals surface area contributed by atoms with Crippen LogP contribution in [0.5, 0.6) is 0 Å². The molecule has 0 bridgehead atoms. The molecule has 0 aliphatic carbocycles. The van der Waals surface area contributed by atoms with Crippen LogP contribution in [0.15, 0.2) is 24.3 Å². The maximum absolute atomic E-state index is 3.38. The summed E-state index contributed by atoms with van der Waals surface area (Å²) < 4.78 is 0. The highest BCUT2D eigenvalue weighted by molar-refractivity contribution is 5.30. The molecule has 0 saturated carbocycles. The van der Waals surface area contributed by atoms with E-state index in [0.29, 0.717) is 12.1 Å². The van der Waals surface area contributed by atoms with Gasteiger partial charge in [-0.1, -0.05) is 45.0 Å². The number of hydrogen-bond donors (Lipinski definition) is 1. The largest absolute Gasteiger partial charge is 0.319 e. The average Bonchev–Trinajstić information content (AvgIpc) is 2.82. The minimum atomic E-state index is 0.232. The van der Waals surface area contributed by atoms with E-state index in [9.17, 15) is 0 Å². The van der Waals surface area contributed by atoms with E-state index >= 15 is 0 Å². The van der Waals surface area contributed by atoms with Gasteiger partial charge in [0, 0.05) is 12.1 Å². The smallest absolute Gasteiger partial charge is 0.0391 e. The van der Waals surface area contributed by atoms with Crippen molar-refractivity contribution in [1.29, 1.82) is 0 Å². The Morgan fingerprint density at radius 3 is 2.29 bits per heavy atom. The fourth-order valence-corrected chi connectivity index (χ4v) is 3.58. The van der Waals surface area contributed by atoms with E-state index in [1.54, 1.807) is 0 Å². The summed E-state index contributed by atoms with van der Waals surface area (Å²) in [5.74, 6) is 0.720. The molecule has 2 rings (SSSR count). The Kier molecular flexibility index (Phi) is 5.11. The summed E-state index contributed by atoms with van der Waals surface area (Å²) in [6, 6.07) is 10.5. The summed E-state index contributed by atoms with van der Waals surface area (Å²) in [7, 11) is 2.07. The quantitative estimate of drug-likeness (QED) is 0.901. The van der Waals surface area contributed by atoms with Crippen molar-refractivity contribution in [3.63, 3.8) is 0 Å². The van der Waals surface area contributed by atoms with Crippen molar-refractivity contribution < 1.29 is 0 Å². The molecule has 1 fully saturated rings. The lowest BCUT2D eigenvalue weighted by Crippen LogP contribution is -2.33. The third-order valence-electron chi connectivity index (χ3n) is 4.81. The van der Waals surface area contributed by atoms with E-state index in [2.05, 4.69) is 76.1 Å². The second kappa shape index (κ2) is 6.50. The van der Waals surface area contributed by atoms with Crippen LogP contribution in [0.4, 0.5) is 0 Å². The van der Waals surface area contributed by atoms with Crippen molar-refractivity contribution in [3.8, 4) is 0 Å². The molecular formula is C19H32N2. The van der Waals surface area contributed by atoms with Gasteiger partial charge in [-0.2, -0.15) is 0 Å². The number of rotatable bonds is 4. The Hall–Kier alpha value is -0.860. The molecular weight excluding hydrogens is 256 g/mol. The van der Waals surface area contributed by atoms with Crippen LogP contribution in [0, 0.1) is 5.92 Å². The first-order chi connectivity index (χ1) is 9.84. The average molecular weight is 288 g/mol. The fourth-order valence-electron chi connectivity index (χ4n) is 3.58. The van der Waals surface area contributed by atoms with Gasteiger partial charge < -0.3 is 5.32 Å². The van der Waals surface area contributed by atoms with Crippen LogP contribution in [0.3, 0.4) is 0 Å². The van der Waals surface area contributed by atoms with Crippen molar-refractivity contribution in [2.75, 3.05) is 20.1 Å². The monoisotopic (exact) mass is 288 g/mol. The molecule has 2 atom stereocenters. The summed E-state index contributed by atoms with van der Waals surface area (Å²) in [6.45, 7) is 13.8. The van der Waals surface area contributed by atoms with Crippen LogP contribution in [0.2, 0.25) is 0 Å². The van der Waals surface area contributed by atoms with Crippen LogP contribution in [0.25, 0.3) is 0 Å². The minimum Gasteiger partial charge on any atom is -0.319 e. The molecule has 0 radical (unpaired) electrons. The maximum Gasteiger partial charge on any atom is 0.0391 e. The lowest BCUT2D eigenvalue weighted by Gasteiger charge is -2.32. The first kappa shape index (κ1) is 16.5.